The summed E-state index contributed by atoms with van der Waals surface area (Å²) < 4.78 is 5.61. The third-order valence-electron chi connectivity index (χ3n) is 5.40. The molecule has 2 N–H and O–H groups in total. The predicted octanol–water partition coefficient (Wildman–Crippen LogP) is 5.94. The van der Waals surface area contributed by atoms with Crippen molar-refractivity contribution in [1.29, 1.82) is 0 Å². The van der Waals surface area contributed by atoms with Crippen LogP contribution in [0.1, 0.15) is 41.2 Å². The highest BCUT2D eigenvalue weighted by Crippen LogP contribution is 2.26. The third kappa shape index (κ3) is 4.79. The SMILES string of the molecule is CC(C)(CO)CC(=O)c1ccc(-c2ccc(NC(=O)c3cc4ccccc4o3)cc2)cc1. The van der Waals surface area contributed by atoms with Crippen LogP contribution in [-0.2, 0) is 0 Å². The first-order chi connectivity index (χ1) is 15.3. The van der Waals surface area contributed by atoms with Gasteiger partial charge in [0.25, 0.3) is 5.91 Å². The van der Waals surface area contributed by atoms with Crippen molar-refractivity contribution >= 4 is 28.3 Å². The normalized spacial score (nSPS) is 11.5. The number of carbonyl (C=O) groups excluding carboxylic acids is 2. The van der Waals surface area contributed by atoms with Crippen molar-refractivity contribution in [3.8, 4) is 11.1 Å². The van der Waals surface area contributed by atoms with Crippen molar-refractivity contribution in [2.45, 2.75) is 20.3 Å². The van der Waals surface area contributed by atoms with Gasteiger partial charge in [0, 0.05) is 29.7 Å². The van der Waals surface area contributed by atoms with Gasteiger partial charge >= 0.3 is 0 Å². The van der Waals surface area contributed by atoms with Crippen LogP contribution in [0.25, 0.3) is 22.1 Å². The summed E-state index contributed by atoms with van der Waals surface area (Å²) in [4.78, 5) is 24.9. The summed E-state index contributed by atoms with van der Waals surface area (Å²) in [6.45, 7) is 3.71. The Hall–Kier alpha value is -3.70. The van der Waals surface area contributed by atoms with E-state index in [-0.39, 0.29) is 24.1 Å². The summed E-state index contributed by atoms with van der Waals surface area (Å²) in [5, 5.41) is 13.1. The van der Waals surface area contributed by atoms with Crippen LogP contribution in [0, 0.1) is 5.41 Å². The van der Waals surface area contributed by atoms with Crippen molar-refractivity contribution in [2.24, 2.45) is 5.41 Å². The summed E-state index contributed by atoms with van der Waals surface area (Å²) >= 11 is 0. The molecule has 162 valence electrons. The van der Waals surface area contributed by atoms with Crippen LogP contribution in [0.4, 0.5) is 5.69 Å². The standard InChI is InChI=1S/C27H25NO4/c1-27(2,17-29)16-23(30)20-9-7-18(8-10-20)19-11-13-22(14-12-19)28-26(31)25-15-21-5-3-4-6-24(21)32-25/h3-15,29H,16-17H2,1-2H3,(H,28,31). The van der Waals surface area contributed by atoms with E-state index in [1.165, 1.54) is 0 Å². The maximum absolute atomic E-state index is 12.5. The van der Waals surface area contributed by atoms with Gasteiger partial charge in [-0.2, -0.15) is 0 Å². The van der Waals surface area contributed by atoms with E-state index in [1.807, 2.05) is 86.6 Å². The highest BCUT2D eigenvalue weighted by molar-refractivity contribution is 6.04. The molecule has 0 radical (unpaired) electrons. The van der Waals surface area contributed by atoms with Gasteiger partial charge in [-0.1, -0.05) is 68.4 Å². The second-order valence-electron chi connectivity index (χ2n) is 8.68. The Labute approximate surface area is 186 Å². The number of ketones is 1. The number of para-hydroxylation sites is 1. The number of fused-ring (bicyclic) bond motifs is 1. The molecule has 4 aromatic rings. The molecule has 32 heavy (non-hydrogen) atoms. The van der Waals surface area contributed by atoms with E-state index >= 15 is 0 Å². The fraction of sp³-hybridized carbons (Fsp3) is 0.185. The molecule has 0 aliphatic rings. The van der Waals surface area contributed by atoms with Crippen LogP contribution in [0.15, 0.2) is 83.3 Å². The second-order valence-corrected chi connectivity index (χ2v) is 8.68. The van der Waals surface area contributed by atoms with Crippen molar-refractivity contribution in [2.75, 3.05) is 11.9 Å². The molecule has 0 bridgehead atoms. The van der Waals surface area contributed by atoms with Crippen LogP contribution in [0.3, 0.4) is 0 Å². The fourth-order valence-corrected chi connectivity index (χ4v) is 3.47. The Kier molecular flexibility index (Phi) is 5.93. The minimum absolute atomic E-state index is 0.0132. The first kappa shape index (κ1) is 21.5. The number of benzene rings is 3. The molecule has 5 nitrogen and oxygen atoms in total. The lowest BCUT2D eigenvalue weighted by molar-refractivity contribution is 0.0858. The van der Waals surface area contributed by atoms with E-state index in [4.69, 9.17) is 4.42 Å². The van der Waals surface area contributed by atoms with Crippen molar-refractivity contribution in [1.82, 2.24) is 0 Å². The number of rotatable bonds is 7. The van der Waals surface area contributed by atoms with E-state index in [2.05, 4.69) is 5.32 Å². The Bertz CT molecular complexity index is 1220. The molecule has 0 unspecified atom stereocenters. The number of hydrogen-bond donors (Lipinski definition) is 2. The molecule has 0 fully saturated rings. The molecule has 0 atom stereocenters. The number of nitrogens with one attached hydrogen (secondary N) is 1. The number of carbonyl (C=O) groups is 2. The molecule has 0 aliphatic heterocycles. The van der Waals surface area contributed by atoms with Crippen LogP contribution >= 0.6 is 0 Å². The zero-order chi connectivity index (χ0) is 22.7. The fourth-order valence-electron chi connectivity index (χ4n) is 3.47. The molecule has 0 saturated heterocycles. The Morgan fingerprint density at radius 3 is 2.16 bits per heavy atom. The van der Waals surface area contributed by atoms with Gasteiger partial charge in [-0.25, -0.2) is 0 Å². The minimum Gasteiger partial charge on any atom is -0.451 e. The van der Waals surface area contributed by atoms with Gasteiger partial charge < -0.3 is 14.8 Å². The predicted molar refractivity (Wildman–Crippen MR) is 126 cm³/mol. The molecule has 0 aliphatic carbocycles. The molecular weight excluding hydrogens is 402 g/mol. The van der Waals surface area contributed by atoms with Crippen molar-refractivity contribution in [3.05, 3.63) is 90.2 Å². The highest BCUT2D eigenvalue weighted by Gasteiger charge is 2.21. The average Bonchev–Trinajstić information content (AvgIpc) is 3.24. The number of aliphatic hydroxyl groups is 1. The number of hydrogen-bond acceptors (Lipinski definition) is 4. The molecule has 5 heteroatoms. The second kappa shape index (κ2) is 8.81. The lowest BCUT2D eigenvalue weighted by Gasteiger charge is -2.20. The maximum Gasteiger partial charge on any atom is 0.291 e. The summed E-state index contributed by atoms with van der Waals surface area (Å²) in [7, 11) is 0. The van der Waals surface area contributed by atoms with E-state index in [1.54, 1.807) is 6.07 Å². The summed E-state index contributed by atoms with van der Waals surface area (Å²) in [6.07, 6.45) is 0.294. The van der Waals surface area contributed by atoms with Gasteiger partial charge in [0.2, 0.25) is 0 Å². The van der Waals surface area contributed by atoms with E-state index < -0.39 is 5.41 Å². The summed E-state index contributed by atoms with van der Waals surface area (Å²) in [5.74, 6) is -0.0261. The van der Waals surface area contributed by atoms with Crippen LogP contribution < -0.4 is 5.32 Å². The van der Waals surface area contributed by atoms with Crippen LogP contribution in [0.5, 0.6) is 0 Å². The number of furan rings is 1. The molecule has 1 amide bonds. The van der Waals surface area contributed by atoms with Crippen LogP contribution in [0.2, 0.25) is 0 Å². The number of aliphatic hydroxyl groups excluding tert-OH is 1. The molecule has 0 spiro atoms. The number of anilines is 1. The van der Waals surface area contributed by atoms with E-state index in [9.17, 15) is 14.7 Å². The topological polar surface area (TPSA) is 79.5 Å². The van der Waals surface area contributed by atoms with Gasteiger partial charge in [0.15, 0.2) is 11.5 Å². The zero-order valence-electron chi connectivity index (χ0n) is 18.1. The number of Topliss-reactive ketones (excluding diaryl/α,β-unsaturated/α-hetero) is 1. The molecule has 1 heterocycles. The molecule has 0 saturated carbocycles. The summed E-state index contributed by atoms with van der Waals surface area (Å²) in [5.41, 5.74) is 3.48. The maximum atomic E-state index is 12.5. The van der Waals surface area contributed by atoms with E-state index in [0.717, 1.165) is 16.5 Å². The summed E-state index contributed by atoms with van der Waals surface area (Å²) in [6, 6.07) is 24.1. The van der Waals surface area contributed by atoms with Crippen LogP contribution in [-0.4, -0.2) is 23.4 Å². The third-order valence-corrected chi connectivity index (χ3v) is 5.40. The first-order valence-electron chi connectivity index (χ1n) is 10.5. The van der Waals surface area contributed by atoms with Crippen molar-refractivity contribution < 1.29 is 19.1 Å². The molecule has 4 rings (SSSR count). The largest absolute Gasteiger partial charge is 0.451 e. The van der Waals surface area contributed by atoms with Gasteiger partial charge in [0.1, 0.15) is 5.58 Å². The molecule has 3 aromatic carbocycles. The van der Waals surface area contributed by atoms with Gasteiger partial charge in [-0.3, -0.25) is 9.59 Å². The monoisotopic (exact) mass is 427 g/mol. The average molecular weight is 428 g/mol. The molecule has 1 aromatic heterocycles. The Morgan fingerprint density at radius 2 is 1.53 bits per heavy atom. The molecular formula is C27H25NO4. The Morgan fingerprint density at radius 1 is 0.906 bits per heavy atom. The smallest absolute Gasteiger partial charge is 0.291 e. The van der Waals surface area contributed by atoms with Gasteiger partial charge in [-0.15, -0.1) is 0 Å². The van der Waals surface area contributed by atoms with Gasteiger partial charge in [0.05, 0.1) is 0 Å². The Balaban J connectivity index is 1.43. The van der Waals surface area contributed by atoms with Crippen molar-refractivity contribution in [3.63, 3.8) is 0 Å². The lowest BCUT2D eigenvalue weighted by Crippen LogP contribution is -2.21. The first-order valence-corrected chi connectivity index (χ1v) is 10.5. The quantitative estimate of drug-likeness (QED) is 0.358. The highest BCUT2D eigenvalue weighted by atomic mass is 16.3. The van der Waals surface area contributed by atoms with E-state index in [0.29, 0.717) is 23.3 Å². The minimum atomic E-state index is -0.432. The zero-order valence-corrected chi connectivity index (χ0v) is 18.1. The lowest BCUT2D eigenvalue weighted by atomic mass is 9.86. The number of amides is 1. The van der Waals surface area contributed by atoms with Gasteiger partial charge in [-0.05, 0) is 40.8 Å².